The molecular formula is C14H8F5O. The van der Waals surface area contributed by atoms with Gasteiger partial charge in [-0.1, -0.05) is 6.07 Å². The van der Waals surface area contributed by atoms with Crippen LogP contribution in [-0.2, 0) is 0 Å². The van der Waals surface area contributed by atoms with E-state index in [0.717, 1.165) is 24.3 Å². The minimum atomic E-state index is -3.16. The first kappa shape index (κ1) is 14.3. The average Bonchev–Trinajstić information content (AvgIpc) is 2.31. The quantitative estimate of drug-likeness (QED) is 0.761. The molecule has 20 heavy (non-hydrogen) atoms. The van der Waals surface area contributed by atoms with Gasteiger partial charge in [0.15, 0.2) is 11.6 Å². The highest BCUT2D eigenvalue weighted by atomic mass is 19.3. The highest BCUT2D eigenvalue weighted by Crippen LogP contribution is 2.24. The van der Waals surface area contributed by atoms with E-state index in [1.54, 1.807) is 0 Å². The molecule has 0 saturated heterocycles. The van der Waals surface area contributed by atoms with Crippen molar-refractivity contribution in [2.45, 2.75) is 6.61 Å². The first-order chi connectivity index (χ1) is 9.44. The summed E-state index contributed by atoms with van der Waals surface area (Å²) in [6, 6.07) is 6.04. The molecule has 1 nitrogen and oxygen atoms in total. The number of ether oxygens (including phenoxy) is 1. The minimum absolute atomic E-state index is 0.178. The van der Waals surface area contributed by atoms with Crippen molar-refractivity contribution in [3.05, 3.63) is 71.4 Å². The topological polar surface area (TPSA) is 9.23 Å². The Morgan fingerprint density at radius 1 is 0.850 bits per heavy atom. The zero-order valence-electron chi connectivity index (χ0n) is 9.92. The molecule has 0 saturated carbocycles. The SMILES string of the molecule is Fc1cc(F)cc([CH]c2ccc(F)c(OC(F)F)c2)c1. The fourth-order valence-corrected chi connectivity index (χ4v) is 1.65. The fraction of sp³-hybridized carbons (Fsp3) is 0.0714. The summed E-state index contributed by atoms with van der Waals surface area (Å²) in [5, 5.41) is 0. The summed E-state index contributed by atoms with van der Waals surface area (Å²) in [7, 11) is 0. The zero-order valence-corrected chi connectivity index (χ0v) is 9.92. The average molecular weight is 287 g/mol. The Labute approximate surface area is 111 Å². The molecule has 0 aliphatic carbocycles. The zero-order chi connectivity index (χ0) is 14.7. The Morgan fingerprint density at radius 2 is 1.50 bits per heavy atom. The van der Waals surface area contributed by atoms with E-state index in [0.29, 0.717) is 6.07 Å². The Morgan fingerprint density at radius 3 is 2.10 bits per heavy atom. The predicted molar refractivity (Wildman–Crippen MR) is 61.9 cm³/mol. The van der Waals surface area contributed by atoms with Gasteiger partial charge in [-0.2, -0.15) is 8.78 Å². The molecule has 2 aromatic rings. The maximum atomic E-state index is 13.2. The molecule has 6 heteroatoms. The molecule has 105 valence electrons. The van der Waals surface area contributed by atoms with Crippen molar-refractivity contribution >= 4 is 0 Å². The summed E-state index contributed by atoms with van der Waals surface area (Å²) >= 11 is 0. The van der Waals surface area contributed by atoms with E-state index in [4.69, 9.17) is 0 Å². The highest BCUT2D eigenvalue weighted by molar-refractivity contribution is 5.41. The third-order valence-corrected chi connectivity index (χ3v) is 2.39. The van der Waals surface area contributed by atoms with E-state index in [-0.39, 0.29) is 11.1 Å². The number of alkyl halides is 2. The molecule has 0 N–H and O–H groups in total. The van der Waals surface area contributed by atoms with Crippen LogP contribution in [0.5, 0.6) is 5.75 Å². The van der Waals surface area contributed by atoms with Crippen LogP contribution in [0.4, 0.5) is 22.0 Å². The maximum absolute atomic E-state index is 13.2. The van der Waals surface area contributed by atoms with Crippen molar-refractivity contribution in [2.75, 3.05) is 0 Å². The fourth-order valence-electron chi connectivity index (χ4n) is 1.65. The highest BCUT2D eigenvalue weighted by Gasteiger charge is 2.11. The van der Waals surface area contributed by atoms with Crippen molar-refractivity contribution in [1.82, 2.24) is 0 Å². The summed E-state index contributed by atoms with van der Waals surface area (Å²) in [6.07, 6.45) is 1.31. The van der Waals surface area contributed by atoms with E-state index >= 15 is 0 Å². The van der Waals surface area contributed by atoms with Gasteiger partial charge in [0.2, 0.25) is 0 Å². The summed E-state index contributed by atoms with van der Waals surface area (Å²) in [6.45, 7) is -3.16. The third-order valence-electron chi connectivity index (χ3n) is 2.39. The van der Waals surface area contributed by atoms with E-state index < -0.39 is 29.8 Å². The Kier molecular flexibility index (Phi) is 4.22. The largest absolute Gasteiger partial charge is 0.432 e. The lowest BCUT2D eigenvalue weighted by Gasteiger charge is -2.08. The lowest BCUT2D eigenvalue weighted by atomic mass is 10.0. The van der Waals surface area contributed by atoms with Crippen LogP contribution in [-0.4, -0.2) is 6.61 Å². The number of halogens is 5. The monoisotopic (exact) mass is 287 g/mol. The molecule has 0 bridgehead atoms. The molecule has 0 aliphatic heterocycles. The first-order valence-corrected chi connectivity index (χ1v) is 5.49. The second-order valence-corrected chi connectivity index (χ2v) is 3.92. The van der Waals surface area contributed by atoms with Crippen molar-refractivity contribution in [1.29, 1.82) is 0 Å². The second kappa shape index (κ2) is 5.90. The molecule has 0 amide bonds. The number of benzene rings is 2. The van der Waals surface area contributed by atoms with Crippen LogP contribution in [0, 0.1) is 23.9 Å². The van der Waals surface area contributed by atoms with E-state index in [1.165, 1.54) is 12.5 Å². The molecule has 1 radical (unpaired) electrons. The summed E-state index contributed by atoms with van der Waals surface area (Å²) in [5.41, 5.74) is 0.448. The number of rotatable bonds is 4. The van der Waals surface area contributed by atoms with Gasteiger partial charge in [0.05, 0.1) is 0 Å². The van der Waals surface area contributed by atoms with Crippen LogP contribution < -0.4 is 4.74 Å². The molecule has 2 rings (SSSR count). The molecule has 0 aliphatic rings. The van der Waals surface area contributed by atoms with Gasteiger partial charge in [-0.25, -0.2) is 13.2 Å². The van der Waals surface area contributed by atoms with Crippen LogP contribution in [0.2, 0.25) is 0 Å². The third kappa shape index (κ3) is 3.69. The van der Waals surface area contributed by atoms with Gasteiger partial charge in [0.1, 0.15) is 11.6 Å². The van der Waals surface area contributed by atoms with Gasteiger partial charge in [0, 0.05) is 12.5 Å². The summed E-state index contributed by atoms with van der Waals surface area (Å²) in [4.78, 5) is 0. The number of hydrogen-bond acceptors (Lipinski definition) is 1. The Hall–Kier alpha value is -2.11. The van der Waals surface area contributed by atoms with E-state index in [2.05, 4.69) is 4.74 Å². The van der Waals surface area contributed by atoms with Gasteiger partial charge < -0.3 is 4.74 Å². The van der Waals surface area contributed by atoms with Crippen LogP contribution in [0.25, 0.3) is 0 Å². The second-order valence-electron chi connectivity index (χ2n) is 3.92. The summed E-state index contributed by atoms with van der Waals surface area (Å²) < 4.78 is 67.3. The molecule has 0 unspecified atom stereocenters. The molecule has 0 spiro atoms. The molecule has 0 heterocycles. The molecule has 2 aromatic carbocycles. The van der Waals surface area contributed by atoms with E-state index in [9.17, 15) is 22.0 Å². The van der Waals surface area contributed by atoms with Crippen LogP contribution in [0.3, 0.4) is 0 Å². The normalized spacial score (nSPS) is 10.9. The summed E-state index contributed by atoms with van der Waals surface area (Å²) in [5.74, 6) is -3.14. The molecule has 0 atom stereocenters. The lowest BCUT2D eigenvalue weighted by Crippen LogP contribution is -2.04. The molecule has 0 fully saturated rings. The minimum Gasteiger partial charge on any atom is -0.432 e. The maximum Gasteiger partial charge on any atom is 0.387 e. The molecule has 0 aromatic heterocycles. The van der Waals surface area contributed by atoms with Crippen molar-refractivity contribution < 1.29 is 26.7 Å². The Balaban J connectivity index is 2.25. The van der Waals surface area contributed by atoms with Gasteiger partial charge >= 0.3 is 6.61 Å². The van der Waals surface area contributed by atoms with E-state index in [1.807, 2.05) is 0 Å². The molecular weight excluding hydrogens is 279 g/mol. The van der Waals surface area contributed by atoms with Gasteiger partial charge in [-0.05, 0) is 35.4 Å². The van der Waals surface area contributed by atoms with Crippen molar-refractivity contribution in [3.63, 3.8) is 0 Å². The first-order valence-electron chi connectivity index (χ1n) is 5.49. The van der Waals surface area contributed by atoms with Crippen molar-refractivity contribution in [2.24, 2.45) is 0 Å². The number of hydrogen-bond donors (Lipinski definition) is 0. The van der Waals surface area contributed by atoms with Gasteiger partial charge in [0.25, 0.3) is 0 Å². The van der Waals surface area contributed by atoms with Gasteiger partial charge in [-0.15, -0.1) is 0 Å². The van der Waals surface area contributed by atoms with Crippen molar-refractivity contribution in [3.8, 4) is 5.75 Å². The smallest absolute Gasteiger partial charge is 0.387 e. The predicted octanol–water partition coefficient (Wildman–Crippen LogP) is 4.31. The van der Waals surface area contributed by atoms with Crippen LogP contribution >= 0.6 is 0 Å². The standard InChI is InChI=1S/C14H8F5O/c15-10-4-9(5-11(16)7-10)3-8-1-2-12(17)13(6-8)20-14(18)19/h1-7,14H. The van der Waals surface area contributed by atoms with Gasteiger partial charge in [-0.3, -0.25) is 0 Å². The Bertz CT molecular complexity index is 592. The van der Waals surface area contributed by atoms with Crippen LogP contribution in [0.1, 0.15) is 11.1 Å². The van der Waals surface area contributed by atoms with Crippen LogP contribution in [0.15, 0.2) is 36.4 Å². The lowest BCUT2D eigenvalue weighted by molar-refractivity contribution is -0.0522.